The van der Waals surface area contributed by atoms with Crippen LogP contribution in [0.2, 0.25) is 0 Å². The first kappa shape index (κ1) is 11.6. The van der Waals surface area contributed by atoms with Gasteiger partial charge in [-0.05, 0) is 26.0 Å². The van der Waals surface area contributed by atoms with Gasteiger partial charge in [0.25, 0.3) is 0 Å². The lowest BCUT2D eigenvalue weighted by atomic mass is 9.95. The Labute approximate surface area is 98.7 Å². The maximum absolute atomic E-state index is 3.63. The molecule has 1 unspecified atom stereocenters. The summed E-state index contributed by atoms with van der Waals surface area (Å²) < 4.78 is 0. The molecule has 0 radical (unpaired) electrons. The molecule has 88 valence electrons. The molecule has 1 aromatic carbocycles. The molecule has 0 amide bonds. The molecule has 1 saturated heterocycles. The van der Waals surface area contributed by atoms with Crippen LogP contribution in [0.25, 0.3) is 0 Å². The number of nitrogens with one attached hydrogen (secondary N) is 1. The fourth-order valence-corrected chi connectivity index (χ4v) is 2.51. The Morgan fingerprint density at radius 1 is 1.31 bits per heavy atom. The lowest BCUT2D eigenvalue weighted by molar-refractivity contribution is 0.101. The third-order valence-corrected chi connectivity index (χ3v) is 3.40. The molecule has 0 bridgehead atoms. The first-order valence-corrected chi connectivity index (χ1v) is 6.16. The Kier molecular flexibility index (Phi) is 3.31. The summed E-state index contributed by atoms with van der Waals surface area (Å²) in [5.74, 6) is 0. The average Bonchev–Trinajstić information content (AvgIpc) is 2.29. The maximum atomic E-state index is 3.63. The lowest BCUT2D eigenvalue weighted by Crippen LogP contribution is -2.58. The average molecular weight is 218 g/mol. The van der Waals surface area contributed by atoms with Crippen LogP contribution in [0.1, 0.15) is 32.4 Å². The monoisotopic (exact) mass is 218 g/mol. The Hall–Kier alpha value is -0.860. The van der Waals surface area contributed by atoms with E-state index in [1.165, 1.54) is 5.56 Å². The first-order valence-electron chi connectivity index (χ1n) is 6.16. The van der Waals surface area contributed by atoms with E-state index in [1.54, 1.807) is 0 Å². The summed E-state index contributed by atoms with van der Waals surface area (Å²) >= 11 is 0. The van der Waals surface area contributed by atoms with E-state index in [-0.39, 0.29) is 5.54 Å². The summed E-state index contributed by atoms with van der Waals surface area (Å²) in [7, 11) is 0. The number of benzene rings is 1. The van der Waals surface area contributed by atoms with Crippen LogP contribution in [-0.4, -0.2) is 30.1 Å². The minimum atomic E-state index is 0.237. The number of hydrogen-bond acceptors (Lipinski definition) is 2. The van der Waals surface area contributed by atoms with E-state index in [4.69, 9.17) is 0 Å². The standard InChI is InChI=1S/C14H22N2/c1-4-16-11-14(2,3)15-10-13(16)12-8-6-5-7-9-12/h5-9,13,15H,4,10-11H2,1-3H3. The Morgan fingerprint density at radius 2 is 2.00 bits per heavy atom. The first-order chi connectivity index (χ1) is 7.62. The van der Waals surface area contributed by atoms with Crippen molar-refractivity contribution in [3.8, 4) is 0 Å². The number of nitrogens with zero attached hydrogens (tertiary/aromatic N) is 1. The molecule has 1 aliphatic rings. The van der Waals surface area contributed by atoms with Crippen molar-refractivity contribution in [3.63, 3.8) is 0 Å². The van der Waals surface area contributed by atoms with E-state index in [0.29, 0.717) is 6.04 Å². The molecule has 2 rings (SSSR count). The molecule has 2 heteroatoms. The van der Waals surface area contributed by atoms with Crippen LogP contribution >= 0.6 is 0 Å². The second-order valence-electron chi connectivity index (χ2n) is 5.25. The maximum Gasteiger partial charge on any atom is 0.0473 e. The Morgan fingerprint density at radius 3 is 2.62 bits per heavy atom. The predicted molar refractivity (Wildman–Crippen MR) is 68.5 cm³/mol. The fraction of sp³-hybridized carbons (Fsp3) is 0.571. The molecule has 0 spiro atoms. The molecule has 16 heavy (non-hydrogen) atoms. The fourth-order valence-electron chi connectivity index (χ4n) is 2.51. The summed E-state index contributed by atoms with van der Waals surface area (Å²) in [5.41, 5.74) is 1.66. The van der Waals surface area contributed by atoms with Crippen LogP contribution in [-0.2, 0) is 0 Å². The molecule has 0 saturated carbocycles. The van der Waals surface area contributed by atoms with Gasteiger partial charge in [0.15, 0.2) is 0 Å². The highest BCUT2D eigenvalue weighted by Gasteiger charge is 2.31. The van der Waals surface area contributed by atoms with E-state index >= 15 is 0 Å². The van der Waals surface area contributed by atoms with Gasteiger partial charge in [0.1, 0.15) is 0 Å². The second kappa shape index (κ2) is 4.56. The van der Waals surface area contributed by atoms with Gasteiger partial charge in [0.05, 0.1) is 0 Å². The topological polar surface area (TPSA) is 15.3 Å². The second-order valence-corrected chi connectivity index (χ2v) is 5.25. The van der Waals surface area contributed by atoms with Crippen molar-refractivity contribution >= 4 is 0 Å². The number of likely N-dealkylation sites (N-methyl/N-ethyl adjacent to an activating group) is 1. The van der Waals surface area contributed by atoms with Gasteiger partial charge in [-0.25, -0.2) is 0 Å². The zero-order valence-corrected chi connectivity index (χ0v) is 10.5. The van der Waals surface area contributed by atoms with Crippen molar-refractivity contribution < 1.29 is 0 Å². The normalized spacial score (nSPS) is 25.6. The van der Waals surface area contributed by atoms with Crippen LogP contribution in [0.15, 0.2) is 30.3 Å². The van der Waals surface area contributed by atoms with E-state index in [1.807, 2.05) is 0 Å². The van der Waals surface area contributed by atoms with Crippen LogP contribution in [0.5, 0.6) is 0 Å². The Balaban J connectivity index is 2.17. The summed E-state index contributed by atoms with van der Waals surface area (Å²) in [4.78, 5) is 2.56. The van der Waals surface area contributed by atoms with Crippen LogP contribution in [0.4, 0.5) is 0 Å². The molecule has 1 N–H and O–H groups in total. The molecular formula is C14H22N2. The predicted octanol–water partition coefficient (Wildman–Crippen LogP) is 2.43. The van der Waals surface area contributed by atoms with Gasteiger partial charge in [-0.1, -0.05) is 37.3 Å². The van der Waals surface area contributed by atoms with Crippen LogP contribution < -0.4 is 5.32 Å². The van der Waals surface area contributed by atoms with E-state index in [2.05, 4.69) is 61.3 Å². The molecule has 1 aliphatic heterocycles. The van der Waals surface area contributed by atoms with Gasteiger partial charge >= 0.3 is 0 Å². The van der Waals surface area contributed by atoms with Crippen molar-refractivity contribution in [3.05, 3.63) is 35.9 Å². The van der Waals surface area contributed by atoms with Crippen molar-refractivity contribution in [2.24, 2.45) is 0 Å². The Bertz CT molecular complexity index is 332. The zero-order valence-electron chi connectivity index (χ0n) is 10.5. The summed E-state index contributed by atoms with van der Waals surface area (Å²) in [6.45, 7) is 10.1. The smallest absolute Gasteiger partial charge is 0.0473 e. The van der Waals surface area contributed by atoms with Crippen LogP contribution in [0, 0.1) is 0 Å². The molecule has 0 aliphatic carbocycles. The molecular weight excluding hydrogens is 196 g/mol. The summed E-state index contributed by atoms with van der Waals surface area (Å²) in [6, 6.07) is 11.3. The quantitative estimate of drug-likeness (QED) is 0.820. The number of piperazine rings is 1. The van der Waals surface area contributed by atoms with E-state index < -0.39 is 0 Å². The third kappa shape index (κ3) is 2.45. The highest BCUT2D eigenvalue weighted by atomic mass is 15.2. The van der Waals surface area contributed by atoms with Gasteiger partial charge in [-0.3, -0.25) is 4.90 Å². The summed E-state index contributed by atoms with van der Waals surface area (Å²) in [5, 5.41) is 3.63. The minimum Gasteiger partial charge on any atom is -0.309 e. The molecule has 1 heterocycles. The van der Waals surface area contributed by atoms with Crippen molar-refractivity contribution in [1.82, 2.24) is 10.2 Å². The van der Waals surface area contributed by atoms with Crippen molar-refractivity contribution in [2.45, 2.75) is 32.4 Å². The number of rotatable bonds is 2. The highest BCUT2D eigenvalue weighted by Crippen LogP contribution is 2.26. The largest absolute Gasteiger partial charge is 0.309 e. The van der Waals surface area contributed by atoms with Gasteiger partial charge in [0.2, 0.25) is 0 Å². The van der Waals surface area contributed by atoms with Crippen molar-refractivity contribution in [1.29, 1.82) is 0 Å². The third-order valence-electron chi connectivity index (χ3n) is 3.40. The molecule has 1 aromatic rings. The molecule has 2 nitrogen and oxygen atoms in total. The van der Waals surface area contributed by atoms with E-state index in [0.717, 1.165) is 19.6 Å². The number of hydrogen-bond donors (Lipinski definition) is 1. The van der Waals surface area contributed by atoms with Gasteiger partial charge < -0.3 is 5.32 Å². The SMILES string of the molecule is CCN1CC(C)(C)NCC1c1ccccc1. The highest BCUT2D eigenvalue weighted by molar-refractivity contribution is 5.20. The lowest BCUT2D eigenvalue weighted by Gasteiger charge is -2.44. The van der Waals surface area contributed by atoms with Gasteiger partial charge in [0, 0.05) is 24.7 Å². The molecule has 1 atom stereocenters. The zero-order chi connectivity index (χ0) is 11.6. The molecule has 0 aromatic heterocycles. The van der Waals surface area contributed by atoms with Crippen LogP contribution in [0.3, 0.4) is 0 Å². The summed E-state index contributed by atoms with van der Waals surface area (Å²) in [6.07, 6.45) is 0. The molecule has 1 fully saturated rings. The van der Waals surface area contributed by atoms with Crippen molar-refractivity contribution in [2.75, 3.05) is 19.6 Å². The van der Waals surface area contributed by atoms with E-state index in [9.17, 15) is 0 Å². The van der Waals surface area contributed by atoms with Gasteiger partial charge in [-0.2, -0.15) is 0 Å². The minimum absolute atomic E-state index is 0.237. The van der Waals surface area contributed by atoms with Gasteiger partial charge in [-0.15, -0.1) is 0 Å².